The summed E-state index contributed by atoms with van der Waals surface area (Å²) in [5.74, 6) is -0.184. The van der Waals surface area contributed by atoms with Gasteiger partial charge in [0.1, 0.15) is 0 Å². The summed E-state index contributed by atoms with van der Waals surface area (Å²) < 4.78 is 27.4. The average Bonchev–Trinajstić information content (AvgIpc) is 3.10. The molecule has 0 unspecified atom stereocenters. The molecule has 0 aliphatic carbocycles. The lowest BCUT2D eigenvalue weighted by Gasteiger charge is -2.07. The molecule has 1 heterocycles. The molecule has 6 nitrogen and oxygen atoms in total. The van der Waals surface area contributed by atoms with Crippen LogP contribution in [0.1, 0.15) is 23.4 Å². The van der Waals surface area contributed by atoms with Gasteiger partial charge in [0.2, 0.25) is 15.9 Å². The Hall–Kier alpha value is -2.55. The Morgan fingerprint density at radius 2 is 1.90 bits per heavy atom. The summed E-state index contributed by atoms with van der Waals surface area (Å²) in [6.45, 7) is 3.69. The van der Waals surface area contributed by atoms with Gasteiger partial charge in [0.25, 0.3) is 0 Å². The van der Waals surface area contributed by atoms with Crippen molar-refractivity contribution in [2.45, 2.75) is 25.0 Å². The summed E-state index contributed by atoms with van der Waals surface area (Å²) in [5.41, 5.74) is 2.30. The van der Waals surface area contributed by atoms with Crippen LogP contribution in [-0.2, 0) is 27.0 Å². The van der Waals surface area contributed by atoms with Crippen LogP contribution in [0.15, 0.2) is 61.2 Å². The molecule has 3 aromatic rings. The number of amides is 1. The Labute approximate surface area is 174 Å². The van der Waals surface area contributed by atoms with E-state index in [-0.39, 0.29) is 18.2 Å². The van der Waals surface area contributed by atoms with Crippen molar-refractivity contribution >= 4 is 43.2 Å². The summed E-state index contributed by atoms with van der Waals surface area (Å²) in [7, 11) is -3.39. The molecule has 1 amide bonds. The number of thiazole rings is 1. The van der Waals surface area contributed by atoms with E-state index in [1.54, 1.807) is 35.6 Å². The van der Waals surface area contributed by atoms with Crippen molar-refractivity contribution in [2.75, 3.05) is 11.9 Å². The highest BCUT2D eigenvalue weighted by atomic mass is 32.2. The van der Waals surface area contributed by atoms with Crippen LogP contribution in [0.2, 0.25) is 0 Å². The Morgan fingerprint density at radius 1 is 1.14 bits per heavy atom. The fraction of sp³-hybridized carbons (Fsp3) is 0.238. The predicted molar refractivity (Wildman–Crippen MR) is 118 cm³/mol. The third-order valence-corrected chi connectivity index (χ3v) is 6.59. The summed E-state index contributed by atoms with van der Waals surface area (Å²) in [5, 5.41) is 3.88. The first-order valence-electron chi connectivity index (χ1n) is 9.27. The molecule has 0 aliphatic heterocycles. The van der Waals surface area contributed by atoms with E-state index in [9.17, 15) is 13.2 Å². The number of sulfonamides is 1. The zero-order chi connectivity index (χ0) is 20.7. The number of carbonyl (C=O) groups excluding carboxylic acids is 1. The Bertz CT molecular complexity index is 1060. The van der Waals surface area contributed by atoms with Gasteiger partial charge in [-0.2, -0.15) is 0 Å². The molecule has 0 fully saturated rings. The van der Waals surface area contributed by atoms with Crippen LogP contribution in [-0.4, -0.2) is 25.9 Å². The highest BCUT2D eigenvalue weighted by Crippen LogP contribution is 2.22. The topological polar surface area (TPSA) is 88.2 Å². The number of aryl methyl sites for hydroxylation is 1. The molecule has 0 saturated heterocycles. The molecule has 29 heavy (non-hydrogen) atoms. The smallest absolute Gasteiger partial charge is 0.224 e. The second-order valence-corrected chi connectivity index (χ2v) is 9.49. The largest absolute Gasteiger partial charge is 0.326 e. The number of hydrogen-bond donors (Lipinski definition) is 2. The van der Waals surface area contributed by atoms with Crippen LogP contribution in [0.25, 0.3) is 10.2 Å². The van der Waals surface area contributed by atoms with Crippen molar-refractivity contribution in [3.05, 3.63) is 71.8 Å². The van der Waals surface area contributed by atoms with Gasteiger partial charge in [0.05, 0.1) is 21.0 Å². The maximum Gasteiger partial charge on any atom is 0.224 e. The number of rotatable bonds is 10. The molecule has 3 rings (SSSR count). The van der Waals surface area contributed by atoms with Crippen molar-refractivity contribution in [3.63, 3.8) is 0 Å². The van der Waals surface area contributed by atoms with Crippen molar-refractivity contribution in [2.24, 2.45) is 0 Å². The second kappa shape index (κ2) is 9.78. The summed E-state index contributed by atoms with van der Waals surface area (Å²) in [6.07, 6.45) is 3.38. The SMILES string of the molecule is C=CCNS(=O)(=O)Cc1ccc(NC(=O)CCCc2nc3ccccc3s2)cc1. The monoisotopic (exact) mass is 429 g/mol. The number of carbonyl (C=O) groups is 1. The minimum atomic E-state index is -3.39. The number of fused-ring (bicyclic) bond motifs is 1. The van der Waals surface area contributed by atoms with Crippen molar-refractivity contribution in [1.29, 1.82) is 0 Å². The van der Waals surface area contributed by atoms with E-state index >= 15 is 0 Å². The van der Waals surface area contributed by atoms with Gasteiger partial charge in [0.15, 0.2) is 0 Å². The van der Waals surface area contributed by atoms with Crippen molar-refractivity contribution in [3.8, 4) is 0 Å². The molecule has 8 heteroatoms. The first kappa shape index (κ1) is 21.2. The lowest BCUT2D eigenvalue weighted by atomic mass is 10.2. The van der Waals surface area contributed by atoms with Crippen LogP contribution in [0, 0.1) is 0 Å². The Morgan fingerprint density at radius 3 is 2.62 bits per heavy atom. The zero-order valence-electron chi connectivity index (χ0n) is 15.9. The van der Waals surface area contributed by atoms with Crippen molar-refractivity contribution in [1.82, 2.24) is 9.71 Å². The van der Waals surface area contributed by atoms with Gasteiger partial charge in [-0.25, -0.2) is 18.1 Å². The fourth-order valence-electron chi connectivity index (χ4n) is 2.79. The van der Waals surface area contributed by atoms with Crippen LogP contribution in [0.5, 0.6) is 0 Å². The third kappa shape index (κ3) is 6.49. The fourth-order valence-corrected chi connectivity index (χ4v) is 4.91. The highest BCUT2D eigenvalue weighted by Gasteiger charge is 2.11. The van der Waals surface area contributed by atoms with Gasteiger partial charge >= 0.3 is 0 Å². The van der Waals surface area contributed by atoms with Crippen molar-refractivity contribution < 1.29 is 13.2 Å². The Kier molecular flexibility index (Phi) is 7.13. The van der Waals surface area contributed by atoms with Crippen LogP contribution >= 0.6 is 11.3 Å². The number of hydrogen-bond acceptors (Lipinski definition) is 5. The van der Waals surface area contributed by atoms with E-state index in [1.165, 1.54) is 6.08 Å². The first-order chi connectivity index (χ1) is 13.9. The van der Waals surface area contributed by atoms with Gasteiger partial charge in [-0.1, -0.05) is 30.3 Å². The van der Waals surface area contributed by atoms with E-state index in [0.29, 0.717) is 17.7 Å². The predicted octanol–water partition coefficient (Wildman–Crippen LogP) is 3.86. The molecule has 1 aromatic heterocycles. The third-order valence-electron chi connectivity index (χ3n) is 4.17. The highest BCUT2D eigenvalue weighted by molar-refractivity contribution is 7.88. The van der Waals surface area contributed by atoms with Crippen LogP contribution in [0.4, 0.5) is 5.69 Å². The number of para-hydroxylation sites is 1. The van der Waals surface area contributed by atoms with E-state index in [2.05, 4.69) is 21.6 Å². The van der Waals surface area contributed by atoms with E-state index in [0.717, 1.165) is 28.1 Å². The molecule has 0 saturated carbocycles. The molecule has 0 atom stereocenters. The molecule has 152 valence electrons. The van der Waals surface area contributed by atoms with Crippen LogP contribution in [0.3, 0.4) is 0 Å². The number of anilines is 1. The summed E-state index contributed by atoms with van der Waals surface area (Å²) in [4.78, 5) is 16.7. The van der Waals surface area contributed by atoms with E-state index in [1.807, 2.05) is 24.3 Å². The molecule has 2 aromatic carbocycles. The molecule has 0 aliphatic rings. The minimum Gasteiger partial charge on any atom is -0.326 e. The molecule has 2 N–H and O–H groups in total. The lowest BCUT2D eigenvalue weighted by molar-refractivity contribution is -0.116. The zero-order valence-corrected chi connectivity index (χ0v) is 17.6. The number of nitrogens with one attached hydrogen (secondary N) is 2. The molecule has 0 bridgehead atoms. The number of nitrogens with zero attached hydrogens (tertiary/aromatic N) is 1. The first-order valence-corrected chi connectivity index (χ1v) is 11.7. The molecule has 0 spiro atoms. The second-order valence-electron chi connectivity index (χ2n) is 6.57. The molecular formula is C21H23N3O3S2. The maximum atomic E-state index is 12.2. The van der Waals surface area contributed by atoms with E-state index < -0.39 is 10.0 Å². The summed E-state index contributed by atoms with van der Waals surface area (Å²) >= 11 is 1.66. The quantitative estimate of drug-likeness (QED) is 0.479. The van der Waals surface area contributed by atoms with Gasteiger partial charge < -0.3 is 5.32 Å². The Balaban J connectivity index is 1.45. The standard InChI is InChI=1S/C21H23N3O3S2/c1-2-14-22-29(26,27)15-16-10-12-17(13-11-16)23-20(25)8-5-9-21-24-18-6-3-4-7-19(18)28-21/h2-4,6-7,10-13,22H,1,5,8-9,14-15H2,(H,23,25). The van der Waals surface area contributed by atoms with E-state index in [4.69, 9.17) is 0 Å². The maximum absolute atomic E-state index is 12.2. The van der Waals surface area contributed by atoms with Crippen LogP contribution < -0.4 is 10.0 Å². The average molecular weight is 430 g/mol. The van der Waals surface area contributed by atoms with Gasteiger partial charge in [0, 0.05) is 18.7 Å². The minimum absolute atomic E-state index is 0.0702. The van der Waals surface area contributed by atoms with Gasteiger partial charge in [-0.3, -0.25) is 4.79 Å². The summed E-state index contributed by atoms with van der Waals surface area (Å²) in [6, 6.07) is 14.8. The normalized spacial score (nSPS) is 11.4. The molecule has 0 radical (unpaired) electrons. The number of aromatic nitrogens is 1. The van der Waals surface area contributed by atoms with Gasteiger partial charge in [-0.15, -0.1) is 17.9 Å². The van der Waals surface area contributed by atoms with Gasteiger partial charge in [-0.05, 0) is 42.7 Å². The molecular weight excluding hydrogens is 406 g/mol. The lowest BCUT2D eigenvalue weighted by Crippen LogP contribution is -2.25. The number of benzene rings is 2.